The minimum atomic E-state index is -4.96. The van der Waals surface area contributed by atoms with Crippen LogP contribution in [0.5, 0.6) is 23.0 Å². The highest BCUT2D eigenvalue weighted by molar-refractivity contribution is 5.98. The molecule has 0 saturated heterocycles. The predicted molar refractivity (Wildman–Crippen MR) is 106 cm³/mol. The van der Waals surface area contributed by atoms with Crippen LogP contribution in [0.4, 0.5) is 35.1 Å². The number of carbonyl (C=O) groups excluding carboxylic acids is 1. The number of hydrogen-bond acceptors (Lipinski definition) is 5. The van der Waals surface area contributed by atoms with Gasteiger partial charge in [-0.15, -0.1) is 0 Å². The zero-order chi connectivity index (χ0) is 27.1. The Kier molecular flexibility index (Phi) is 5.30. The average Bonchev–Trinajstić information content (AvgIpc) is 2.73. The van der Waals surface area contributed by atoms with E-state index in [1.165, 1.54) is 39.8 Å². The van der Waals surface area contributed by atoms with Crippen LogP contribution in [0.2, 0.25) is 0 Å². The fourth-order valence-electron chi connectivity index (χ4n) is 3.96. The zero-order valence-electron chi connectivity index (χ0n) is 19.0. The number of halogens is 8. The van der Waals surface area contributed by atoms with E-state index in [0.29, 0.717) is 0 Å². The van der Waals surface area contributed by atoms with E-state index in [1.807, 2.05) is 0 Å². The molecule has 2 aliphatic rings. The molecule has 0 fully saturated rings. The van der Waals surface area contributed by atoms with Gasteiger partial charge in [0.25, 0.3) is 0 Å². The molecule has 0 atom stereocenters. The lowest BCUT2D eigenvalue weighted by molar-refractivity contribution is -0.391. The molecule has 5 nitrogen and oxygen atoms in total. The van der Waals surface area contributed by atoms with Crippen molar-refractivity contribution < 1.29 is 58.9 Å². The van der Waals surface area contributed by atoms with Gasteiger partial charge >= 0.3 is 24.4 Å². The molecule has 0 spiro atoms. The van der Waals surface area contributed by atoms with Crippen LogP contribution in [0.1, 0.15) is 38.8 Å². The quantitative estimate of drug-likeness (QED) is 0.430. The highest BCUT2D eigenvalue weighted by atomic mass is 19.3. The molecule has 2 heterocycles. The fourth-order valence-corrected chi connectivity index (χ4v) is 3.96. The highest BCUT2D eigenvalue weighted by Gasteiger charge is 2.67. The van der Waals surface area contributed by atoms with Gasteiger partial charge in [0.15, 0.2) is 28.8 Å². The lowest BCUT2D eigenvalue weighted by atomic mass is 9.67. The highest BCUT2D eigenvalue weighted by Crippen LogP contribution is 2.50. The molecule has 196 valence electrons. The first-order valence-electron chi connectivity index (χ1n) is 10.3. The van der Waals surface area contributed by atoms with Crippen LogP contribution in [0.3, 0.4) is 0 Å². The Hall–Kier alpha value is -3.25. The van der Waals surface area contributed by atoms with Crippen LogP contribution >= 0.6 is 0 Å². The number of benzene rings is 2. The number of carbonyl (C=O) groups is 1. The van der Waals surface area contributed by atoms with Crippen LogP contribution in [0.15, 0.2) is 36.4 Å². The second-order valence-corrected chi connectivity index (χ2v) is 9.38. The van der Waals surface area contributed by atoms with E-state index in [4.69, 9.17) is 0 Å². The van der Waals surface area contributed by atoms with Gasteiger partial charge in [-0.1, -0.05) is 12.1 Å². The van der Waals surface area contributed by atoms with Gasteiger partial charge in [-0.05, 0) is 63.1 Å². The first-order valence-corrected chi connectivity index (χ1v) is 10.3. The van der Waals surface area contributed by atoms with Crippen molar-refractivity contribution in [1.29, 1.82) is 0 Å². The molecular formula is C23H18F8O5. The molecule has 4 rings (SSSR count). The van der Waals surface area contributed by atoms with E-state index >= 15 is 0 Å². The van der Waals surface area contributed by atoms with Crippen LogP contribution in [-0.4, -0.2) is 30.2 Å². The third kappa shape index (κ3) is 3.79. The Morgan fingerprint density at radius 1 is 0.556 bits per heavy atom. The van der Waals surface area contributed by atoms with Crippen LogP contribution < -0.4 is 18.9 Å². The Labute approximate surface area is 198 Å². The number of ketones is 1. The Balaban J connectivity index is 1.67. The molecule has 0 saturated carbocycles. The van der Waals surface area contributed by atoms with Crippen LogP contribution in [-0.2, 0) is 15.6 Å². The van der Waals surface area contributed by atoms with Gasteiger partial charge in [0.2, 0.25) is 0 Å². The van der Waals surface area contributed by atoms with Crippen molar-refractivity contribution >= 4 is 5.78 Å². The summed E-state index contributed by atoms with van der Waals surface area (Å²) in [4.78, 5) is 13.6. The molecule has 36 heavy (non-hydrogen) atoms. The van der Waals surface area contributed by atoms with E-state index in [9.17, 15) is 39.9 Å². The lowest BCUT2D eigenvalue weighted by Gasteiger charge is -2.37. The first-order chi connectivity index (χ1) is 16.2. The van der Waals surface area contributed by atoms with Crippen molar-refractivity contribution in [2.75, 3.05) is 0 Å². The van der Waals surface area contributed by atoms with Crippen LogP contribution in [0.25, 0.3) is 0 Å². The third-order valence-electron chi connectivity index (χ3n) is 6.10. The van der Waals surface area contributed by atoms with Crippen molar-refractivity contribution in [3.8, 4) is 23.0 Å². The molecule has 0 N–H and O–H groups in total. The van der Waals surface area contributed by atoms with Crippen molar-refractivity contribution in [3.05, 3.63) is 47.5 Å². The second kappa shape index (κ2) is 7.39. The lowest BCUT2D eigenvalue weighted by Crippen LogP contribution is -2.52. The van der Waals surface area contributed by atoms with E-state index in [2.05, 4.69) is 18.9 Å². The van der Waals surface area contributed by atoms with E-state index < -0.39 is 64.0 Å². The topological polar surface area (TPSA) is 54.0 Å². The van der Waals surface area contributed by atoms with Gasteiger partial charge in [-0.2, -0.15) is 35.1 Å². The second-order valence-electron chi connectivity index (χ2n) is 9.38. The summed E-state index contributed by atoms with van der Waals surface area (Å²) in [5.74, 6) is -3.34. The van der Waals surface area contributed by atoms with Gasteiger partial charge in [-0.3, -0.25) is 4.79 Å². The molecule has 0 bridgehead atoms. The summed E-state index contributed by atoms with van der Waals surface area (Å²) in [6.07, 6.45) is -19.7. The molecule has 2 aromatic rings. The first kappa shape index (κ1) is 25.8. The molecular weight excluding hydrogens is 508 g/mol. The van der Waals surface area contributed by atoms with Gasteiger partial charge in [0, 0.05) is 10.8 Å². The molecule has 13 heteroatoms. The summed E-state index contributed by atoms with van der Waals surface area (Å²) >= 11 is 0. The van der Waals surface area contributed by atoms with Crippen molar-refractivity contribution in [1.82, 2.24) is 0 Å². The maximum atomic E-state index is 13.6. The average molecular weight is 526 g/mol. The normalized spacial score (nSPS) is 21.0. The summed E-state index contributed by atoms with van der Waals surface area (Å²) in [6, 6.07) is 6.23. The minimum Gasteiger partial charge on any atom is -0.421 e. The van der Waals surface area contributed by atoms with Crippen molar-refractivity contribution in [2.45, 2.75) is 63.0 Å². The summed E-state index contributed by atoms with van der Waals surface area (Å²) in [5, 5.41) is 0. The fraction of sp³-hybridized carbons (Fsp3) is 0.435. The maximum absolute atomic E-state index is 13.6. The Morgan fingerprint density at radius 2 is 0.833 bits per heavy atom. The molecule has 2 aliphatic heterocycles. The zero-order valence-corrected chi connectivity index (χ0v) is 19.0. The van der Waals surface area contributed by atoms with Gasteiger partial charge in [0.05, 0.1) is 0 Å². The summed E-state index contributed by atoms with van der Waals surface area (Å²) in [7, 11) is 0. The number of fused-ring (bicyclic) bond motifs is 2. The van der Waals surface area contributed by atoms with Gasteiger partial charge < -0.3 is 18.9 Å². The smallest absolute Gasteiger partial charge is 0.421 e. The minimum absolute atomic E-state index is 0.0904. The van der Waals surface area contributed by atoms with E-state index in [1.54, 1.807) is 0 Å². The number of Topliss-reactive ketones (excluding diaryl/α,β-unsaturated/α-hetero) is 1. The molecule has 0 unspecified atom stereocenters. The maximum Gasteiger partial charge on any atom is 0.507 e. The standard InChI is InChI=1S/C23H18F8O5/c1-18(2,11-5-7-13-15(9-11)35-22(28,29)20(24,25)33-13)17(32)19(3,4)12-6-8-14-16(10-12)36-23(30,31)21(26,27)34-14/h5-10H,1-4H3. The van der Waals surface area contributed by atoms with E-state index in [0.717, 1.165) is 24.3 Å². The molecule has 0 radical (unpaired) electrons. The largest absolute Gasteiger partial charge is 0.507 e. The van der Waals surface area contributed by atoms with Crippen LogP contribution in [0, 0.1) is 0 Å². The third-order valence-corrected chi connectivity index (χ3v) is 6.10. The molecule has 2 aromatic carbocycles. The molecule has 0 amide bonds. The van der Waals surface area contributed by atoms with E-state index in [-0.39, 0.29) is 11.1 Å². The van der Waals surface area contributed by atoms with Crippen molar-refractivity contribution in [3.63, 3.8) is 0 Å². The van der Waals surface area contributed by atoms with Gasteiger partial charge in [0.1, 0.15) is 0 Å². The van der Waals surface area contributed by atoms with Gasteiger partial charge in [-0.25, -0.2) is 0 Å². The number of alkyl halides is 8. The summed E-state index contributed by atoms with van der Waals surface area (Å²) in [5.41, 5.74) is -2.76. The molecule has 0 aliphatic carbocycles. The SMILES string of the molecule is CC(C)(C(=O)C(C)(C)c1ccc2c(c1)OC(F)(F)C(F)(F)O2)c1ccc2c(c1)OC(F)(F)C(F)(F)O2. The monoisotopic (exact) mass is 526 g/mol. The predicted octanol–water partition coefficient (Wildman–Crippen LogP) is 6.42. The number of ether oxygens (including phenoxy) is 4. The Morgan fingerprint density at radius 3 is 1.14 bits per heavy atom. The summed E-state index contributed by atoms with van der Waals surface area (Å²) < 4.78 is 125. The molecule has 0 aromatic heterocycles. The number of hydrogen-bond donors (Lipinski definition) is 0. The number of rotatable bonds is 4. The van der Waals surface area contributed by atoms with Crippen molar-refractivity contribution in [2.24, 2.45) is 0 Å². The summed E-state index contributed by atoms with van der Waals surface area (Å²) in [6.45, 7) is 5.67. The Bertz CT molecular complexity index is 1150.